The Morgan fingerprint density at radius 1 is 0.817 bits per heavy atom. The van der Waals surface area contributed by atoms with Crippen LogP contribution in [0, 0.1) is 5.82 Å². The molecular formula is C45H47FN4O9S. The van der Waals surface area contributed by atoms with Crippen LogP contribution >= 0.6 is 11.8 Å². The van der Waals surface area contributed by atoms with E-state index in [0.29, 0.717) is 76.1 Å². The summed E-state index contributed by atoms with van der Waals surface area (Å²) in [6, 6.07) is 23.9. The number of hydrogen-bond acceptors (Lipinski definition) is 9. The van der Waals surface area contributed by atoms with Crippen molar-refractivity contribution >= 4 is 52.8 Å². The lowest BCUT2D eigenvalue weighted by atomic mass is 9.97. The van der Waals surface area contributed by atoms with E-state index in [1.807, 2.05) is 11.8 Å². The molecule has 4 amide bonds. The third-order valence-corrected chi connectivity index (χ3v) is 11.9. The number of fused-ring (bicyclic) bond motifs is 1. The number of aliphatic carboxylic acids is 1. The van der Waals surface area contributed by atoms with Gasteiger partial charge < -0.3 is 35.8 Å². The van der Waals surface area contributed by atoms with Gasteiger partial charge in [-0.3, -0.25) is 24.0 Å². The molecule has 0 spiro atoms. The number of halogens is 1. The van der Waals surface area contributed by atoms with Gasteiger partial charge in [-0.25, -0.2) is 9.18 Å². The maximum Gasteiger partial charge on any atom is 0.315 e. The summed E-state index contributed by atoms with van der Waals surface area (Å²) in [5.41, 5.74) is 2.51. The zero-order valence-electron chi connectivity index (χ0n) is 33.0. The monoisotopic (exact) mass is 838 g/mol. The number of hydrogen-bond donors (Lipinski definition) is 5. The first-order valence-electron chi connectivity index (χ1n) is 19.8. The van der Waals surface area contributed by atoms with Crippen molar-refractivity contribution in [2.45, 2.75) is 68.7 Å². The highest BCUT2D eigenvalue weighted by Crippen LogP contribution is 2.33. The molecule has 0 aliphatic carbocycles. The van der Waals surface area contributed by atoms with Gasteiger partial charge in [0, 0.05) is 52.8 Å². The van der Waals surface area contributed by atoms with E-state index < -0.39 is 23.6 Å². The normalized spacial score (nSPS) is 17.1. The van der Waals surface area contributed by atoms with Crippen molar-refractivity contribution < 1.29 is 47.7 Å². The second-order valence-corrected chi connectivity index (χ2v) is 16.0. The number of amides is 4. The Morgan fingerprint density at radius 3 is 2.08 bits per heavy atom. The second kappa shape index (κ2) is 20.7. The molecule has 4 atom stereocenters. The van der Waals surface area contributed by atoms with E-state index in [1.165, 1.54) is 19.1 Å². The Labute approximate surface area is 351 Å². The van der Waals surface area contributed by atoms with Crippen molar-refractivity contribution in [1.29, 1.82) is 0 Å². The highest BCUT2D eigenvalue weighted by atomic mass is 32.2. The number of thioether (sulfide) groups is 1. The van der Waals surface area contributed by atoms with Crippen LogP contribution in [0.1, 0.15) is 72.9 Å². The van der Waals surface area contributed by atoms with Crippen LogP contribution in [0.3, 0.4) is 0 Å². The van der Waals surface area contributed by atoms with Crippen LogP contribution < -0.4 is 30.7 Å². The molecule has 2 aliphatic heterocycles. The average molecular weight is 839 g/mol. The van der Waals surface area contributed by atoms with Gasteiger partial charge in [0.05, 0.1) is 18.0 Å². The third kappa shape index (κ3) is 11.9. The summed E-state index contributed by atoms with van der Waals surface area (Å²) in [4.78, 5) is 73.0. The lowest BCUT2D eigenvalue weighted by Crippen LogP contribution is -2.36. The molecule has 4 aromatic carbocycles. The number of urea groups is 1. The molecule has 6 rings (SSSR count). The van der Waals surface area contributed by atoms with E-state index in [4.69, 9.17) is 9.47 Å². The number of unbranched alkanes of at least 4 members (excludes halogenated alkanes) is 1. The molecule has 1 unspecified atom stereocenters. The predicted molar refractivity (Wildman–Crippen MR) is 225 cm³/mol. The average Bonchev–Trinajstić information content (AvgIpc) is 3.81. The third-order valence-electron chi connectivity index (χ3n) is 10.4. The Hall–Kier alpha value is -6.22. The summed E-state index contributed by atoms with van der Waals surface area (Å²) in [6.45, 7) is 1.35. The summed E-state index contributed by atoms with van der Waals surface area (Å²) in [6.07, 6.45) is 4.17. The highest BCUT2D eigenvalue weighted by Gasteiger charge is 2.42. The lowest BCUT2D eigenvalue weighted by molar-refractivity contribution is -0.138. The van der Waals surface area contributed by atoms with Crippen molar-refractivity contribution in [3.8, 4) is 22.6 Å². The van der Waals surface area contributed by atoms with Crippen molar-refractivity contribution in [2.75, 3.05) is 30.8 Å². The summed E-state index contributed by atoms with van der Waals surface area (Å²) in [5.74, 6) is -1.51. The Kier molecular flexibility index (Phi) is 14.9. The number of benzene rings is 4. The van der Waals surface area contributed by atoms with Gasteiger partial charge in [0.15, 0.2) is 19.0 Å². The predicted octanol–water partition coefficient (Wildman–Crippen LogP) is 6.50. The van der Waals surface area contributed by atoms with E-state index in [0.717, 1.165) is 25.0 Å². The summed E-state index contributed by atoms with van der Waals surface area (Å²) < 4.78 is 25.9. The van der Waals surface area contributed by atoms with Gasteiger partial charge in [-0.1, -0.05) is 30.7 Å². The van der Waals surface area contributed by atoms with Crippen LogP contribution in [0.4, 0.5) is 14.9 Å². The van der Waals surface area contributed by atoms with Gasteiger partial charge in [0.2, 0.25) is 0 Å². The first-order chi connectivity index (χ1) is 28.9. The molecule has 2 heterocycles. The molecule has 60 heavy (non-hydrogen) atoms. The maximum atomic E-state index is 14.7. The lowest BCUT2D eigenvalue weighted by Gasteiger charge is -2.16. The van der Waals surface area contributed by atoms with Gasteiger partial charge in [-0.05, 0) is 104 Å². The molecule has 0 radical (unpaired) electrons. The van der Waals surface area contributed by atoms with Crippen molar-refractivity contribution in [1.82, 2.24) is 16.0 Å². The van der Waals surface area contributed by atoms with Crippen LogP contribution in [0.25, 0.3) is 11.1 Å². The number of Topliss-reactive ketones (excluding diaryl/α,β-unsaturated/α-hetero) is 1. The van der Waals surface area contributed by atoms with E-state index in [9.17, 15) is 38.3 Å². The zero-order valence-corrected chi connectivity index (χ0v) is 33.9. The van der Waals surface area contributed by atoms with Crippen LogP contribution in [-0.2, 0) is 19.2 Å². The minimum absolute atomic E-state index is 0.0918. The molecule has 314 valence electrons. The van der Waals surface area contributed by atoms with Gasteiger partial charge in [-0.2, -0.15) is 11.8 Å². The summed E-state index contributed by atoms with van der Waals surface area (Å²) >= 11 is 1.87. The van der Waals surface area contributed by atoms with E-state index in [2.05, 4.69) is 21.3 Å². The second-order valence-electron chi connectivity index (χ2n) is 14.7. The SMILES string of the molecule is CC(C(=O)O)c1ccc(-c2ccc(NC(=O)COc3ccc(C(=O)c4ccc(OCC(=O)NCCCC(=O)CCCC[C@@H]5SC[C@@H]6NC(=O)N[C@@H]65)cc4)cc3)cc2)c(F)c1. The van der Waals surface area contributed by atoms with E-state index in [1.54, 1.807) is 78.9 Å². The molecule has 2 aliphatic rings. The maximum absolute atomic E-state index is 14.7. The van der Waals surface area contributed by atoms with Gasteiger partial charge in [0.1, 0.15) is 23.1 Å². The number of carboxylic acid groups (broad SMARTS) is 1. The van der Waals surface area contributed by atoms with Crippen molar-refractivity contribution in [3.63, 3.8) is 0 Å². The number of rotatable bonds is 21. The number of ketones is 2. The Bertz CT molecular complexity index is 2180. The topological polar surface area (TPSA) is 189 Å². The number of nitrogens with one attached hydrogen (secondary N) is 4. The van der Waals surface area contributed by atoms with Crippen LogP contribution in [0.15, 0.2) is 91.0 Å². The first-order valence-corrected chi connectivity index (χ1v) is 20.9. The molecule has 15 heteroatoms. The minimum Gasteiger partial charge on any atom is -0.484 e. The Morgan fingerprint density at radius 2 is 1.45 bits per heavy atom. The first kappa shape index (κ1) is 43.4. The number of ether oxygens (including phenoxy) is 2. The molecule has 5 N–H and O–H groups in total. The number of anilines is 1. The van der Waals surface area contributed by atoms with Gasteiger partial charge >= 0.3 is 12.0 Å². The van der Waals surface area contributed by atoms with Gasteiger partial charge in [0.25, 0.3) is 11.8 Å². The number of carboxylic acids is 1. The molecule has 4 aromatic rings. The zero-order chi connectivity index (χ0) is 42.6. The molecular weight excluding hydrogens is 792 g/mol. The van der Waals surface area contributed by atoms with Crippen molar-refractivity contribution in [3.05, 3.63) is 114 Å². The fourth-order valence-electron chi connectivity index (χ4n) is 6.98. The molecule has 0 aromatic heterocycles. The smallest absolute Gasteiger partial charge is 0.315 e. The molecule has 2 fully saturated rings. The summed E-state index contributed by atoms with van der Waals surface area (Å²) in [7, 11) is 0. The summed E-state index contributed by atoms with van der Waals surface area (Å²) in [5, 5.41) is 21.0. The van der Waals surface area contributed by atoms with Crippen LogP contribution in [0.5, 0.6) is 11.5 Å². The largest absolute Gasteiger partial charge is 0.484 e. The van der Waals surface area contributed by atoms with E-state index >= 15 is 0 Å². The van der Waals surface area contributed by atoms with Crippen LogP contribution in [-0.4, -0.2) is 83.3 Å². The van der Waals surface area contributed by atoms with Gasteiger partial charge in [-0.15, -0.1) is 0 Å². The fraction of sp³-hybridized carbons (Fsp3) is 0.333. The fourth-order valence-corrected chi connectivity index (χ4v) is 8.52. The minimum atomic E-state index is -1.04. The molecule has 0 saturated carbocycles. The highest BCUT2D eigenvalue weighted by molar-refractivity contribution is 8.00. The number of carbonyl (C=O) groups is 6. The molecule has 2 saturated heterocycles. The van der Waals surface area contributed by atoms with Crippen molar-refractivity contribution in [2.24, 2.45) is 0 Å². The molecule has 13 nitrogen and oxygen atoms in total. The Balaban J connectivity index is 0.840. The number of carbonyl (C=O) groups excluding carboxylic acids is 5. The molecule has 0 bridgehead atoms. The quantitative estimate of drug-likeness (QED) is 0.0352. The van der Waals surface area contributed by atoms with E-state index in [-0.39, 0.29) is 48.8 Å². The van der Waals surface area contributed by atoms with Crippen LogP contribution in [0.2, 0.25) is 0 Å². The standard InChI is InChI=1S/C45H47FN4O9S/c1-27(44(55)56)31-14-21-36(37(46)23-31)28-8-15-32(16-9-28)48-41(53)25-59-35-19-12-30(13-20-35)43(54)29-10-17-34(18-11-29)58-24-40(52)47-22-4-6-33(51)5-2-3-7-39-42-38(26-60-39)49-45(57)50-42/h8-21,23,27,38-39,42H,2-7,22,24-26H2,1H3,(H,47,52)(H,48,53)(H,55,56)(H2,49,50,57)/t27?,38-,39-,42-/m0/s1.